The molecule has 0 spiro atoms. The van der Waals surface area contributed by atoms with Crippen molar-refractivity contribution in [1.29, 1.82) is 0 Å². The zero-order valence-electron chi connectivity index (χ0n) is 12.1. The lowest BCUT2D eigenvalue weighted by Crippen LogP contribution is -2.17. The Morgan fingerprint density at radius 3 is 2.63 bits per heavy atom. The van der Waals surface area contributed by atoms with E-state index in [1.807, 2.05) is 37.7 Å². The summed E-state index contributed by atoms with van der Waals surface area (Å²) in [4.78, 5) is 0. The van der Waals surface area contributed by atoms with Gasteiger partial charge in [0.1, 0.15) is 0 Å². The Kier molecular flexibility index (Phi) is 7.75. The van der Waals surface area contributed by atoms with E-state index >= 15 is 0 Å². The minimum Gasteiger partial charge on any atom is -0.490 e. The maximum Gasteiger partial charge on any atom is 0.161 e. The van der Waals surface area contributed by atoms with Gasteiger partial charge < -0.3 is 15.2 Å². The summed E-state index contributed by atoms with van der Waals surface area (Å²) < 4.78 is 11.4. The number of rotatable bonds is 9. The normalized spacial score (nSPS) is 12.2. The van der Waals surface area contributed by atoms with Crippen LogP contribution in [0.25, 0.3) is 0 Å². The molecule has 0 aromatic heterocycles. The van der Waals surface area contributed by atoms with Crippen LogP contribution in [0, 0.1) is 0 Å². The van der Waals surface area contributed by atoms with Gasteiger partial charge in [0.2, 0.25) is 0 Å². The highest BCUT2D eigenvalue weighted by molar-refractivity contribution is 7.99. The molecule has 3 nitrogen and oxygen atoms in total. The highest BCUT2D eigenvalue weighted by Crippen LogP contribution is 2.29. The van der Waals surface area contributed by atoms with Crippen LogP contribution >= 0.6 is 11.8 Å². The molecule has 0 aliphatic carbocycles. The molecule has 0 bridgehead atoms. The van der Waals surface area contributed by atoms with Crippen molar-refractivity contribution in [3.63, 3.8) is 0 Å². The molecular weight excluding hydrogens is 258 g/mol. The molecule has 1 unspecified atom stereocenters. The van der Waals surface area contributed by atoms with Crippen LogP contribution in [0.4, 0.5) is 0 Å². The van der Waals surface area contributed by atoms with E-state index in [0.29, 0.717) is 13.2 Å². The number of benzene rings is 1. The smallest absolute Gasteiger partial charge is 0.161 e. The van der Waals surface area contributed by atoms with Crippen molar-refractivity contribution in [2.75, 3.05) is 24.7 Å². The van der Waals surface area contributed by atoms with Crippen molar-refractivity contribution >= 4 is 11.8 Å². The monoisotopic (exact) mass is 283 g/mol. The lowest BCUT2D eigenvalue weighted by molar-refractivity contribution is 0.289. The molecule has 0 aliphatic heterocycles. The summed E-state index contributed by atoms with van der Waals surface area (Å²) in [6.07, 6.45) is 0.853. The molecule has 0 fully saturated rings. The molecule has 0 radical (unpaired) electrons. The van der Waals surface area contributed by atoms with Gasteiger partial charge in [0.25, 0.3) is 0 Å². The molecule has 19 heavy (non-hydrogen) atoms. The second-order valence-corrected chi connectivity index (χ2v) is 5.83. The molecule has 1 aromatic rings. The Labute approximate surface area is 120 Å². The van der Waals surface area contributed by atoms with Gasteiger partial charge in [-0.3, -0.25) is 0 Å². The fraction of sp³-hybridized carbons (Fsp3) is 0.600. The lowest BCUT2D eigenvalue weighted by Gasteiger charge is -2.14. The summed E-state index contributed by atoms with van der Waals surface area (Å²) in [7, 11) is 0. The average Bonchev–Trinajstić information content (AvgIpc) is 2.36. The van der Waals surface area contributed by atoms with Gasteiger partial charge in [-0.15, -0.1) is 0 Å². The summed E-state index contributed by atoms with van der Waals surface area (Å²) in [6, 6.07) is 6.24. The van der Waals surface area contributed by atoms with Crippen LogP contribution in [0.3, 0.4) is 0 Å². The first-order valence-electron chi connectivity index (χ1n) is 6.89. The maximum absolute atomic E-state index is 5.83. The van der Waals surface area contributed by atoms with Gasteiger partial charge in [0.05, 0.1) is 13.2 Å². The van der Waals surface area contributed by atoms with Crippen molar-refractivity contribution in [3.05, 3.63) is 23.8 Å². The summed E-state index contributed by atoms with van der Waals surface area (Å²) in [5, 5.41) is 0. The van der Waals surface area contributed by atoms with E-state index in [0.717, 1.165) is 29.4 Å². The summed E-state index contributed by atoms with van der Waals surface area (Å²) in [6.45, 7) is 7.49. The van der Waals surface area contributed by atoms with Crippen LogP contribution in [0.5, 0.6) is 11.5 Å². The van der Waals surface area contributed by atoms with Crippen LogP contribution in [-0.4, -0.2) is 30.8 Å². The standard InChI is InChI=1S/C15H25NO2S/c1-4-17-15-11-13(10-12(3)16)6-7-14(15)18-8-9-19-5-2/h6-7,11-12H,4-5,8-10,16H2,1-3H3. The second kappa shape index (κ2) is 9.10. The number of nitrogens with two attached hydrogens (primary N) is 1. The van der Waals surface area contributed by atoms with E-state index in [1.54, 1.807) is 0 Å². The molecule has 1 aromatic carbocycles. The molecule has 4 heteroatoms. The van der Waals surface area contributed by atoms with E-state index in [2.05, 4.69) is 13.0 Å². The quantitative estimate of drug-likeness (QED) is 0.707. The van der Waals surface area contributed by atoms with Gasteiger partial charge in [0, 0.05) is 11.8 Å². The van der Waals surface area contributed by atoms with E-state index < -0.39 is 0 Å². The maximum atomic E-state index is 5.83. The van der Waals surface area contributed by atoms with Crippen molar-refractivity contribution in [2.45, 2.75) is 33.2 Å². The van der Waals surface area contributed by atoms with E-state index in [9.17, 15) is 0 Å². The molecule has 0 heterocycles. The van der Waals surface area contributed by atoms with E-state index in [-0.39, 0.29) is 6.04 Å². The first kappa shape index (κ1) is 16.2. The van der Waals surface area contributed by atoms with Gasteiger partial charge >= 0.3 is 0 Å². The van der Waals surface area contributed by atoms with E-state index in [4.69, 9.17) is 15.2 Å². The third kappa shape index (κ3) is 6.21. The minimum atomic E-state index is 0.155. The predicted molar refractivity (Wildman–Crippen MR) is 83.5 cm³/mol. The Balaban J connectivity index is 2.67. The van der Waals surface area contributed by atoms with Crippen LogP contribution in [0.2, 0.25) is 0 Å². The average molecular weight is 283 g/mol. The molecule has 0 amide bonds. The van der Waals surface area contributed by atoms with Gasteiger partial charge in [0.15, 0.2) is 11.5 Å². The Morgan fingerprint density at radius 2 is 2.00 bits per heavy atom. The fourth-order valence-corrected chi connectivity index (χ4v) is 2.28. The van der Waals surface area contributed by atoms with Crippen LogP contribution < -0.4 is 15.2 Å². The fourth-order valence-electron chi connectivity index (χ4n) is 1.79. The molecular formula is C15H25NO2S. The minimum absolute atomic E-state index is 0.155. The second-order valence-electron chi connectivity index (χ2n) is 4.44. The first-order valence-corrected chi connectivity index (χ1v) is 8.04. The van der Waals surface area contributed by atoms with Crippen molar-refractivity contribution in [3.8, 4) is 11.5 Å². The third-order valence-electron chi connectivity index (χ3n) is 2.56. The van der Waals surface area contributed by atoms with Crippen molar-refractivity contribution < 1.29 is 9.47 Å². The molecule has 1 rings (SSSR count). The molecule has 1 atom stereocenters. The molecule has 108 valence electrons. The molecule has 2 N–H and O–H groups in total. The molecule has 0 aliphatic rings. The van der Waals surface area contributed by atoms with Gasteiger partial charge in [-0.2, -0.15) is 11.8 Å². The van der Waals surface area contributed by atoms with Crippen molar-refractivity contribution in [2.24, 2.45) is 5.73 Å². The zero-order chi connectivity index (χ0) is 14.1. The SMILES string of the molecule is CCOc1cc(CC(C)N)ccc1OCCSCC. The van der Waals surface area contributed by atoms with Crippen molar-refractivity contribution in [1.82, 2.24) is 0 Å². The van der Waals surface area contributed by atoms with Crippen LogP contribution in [0.1, 0.15) is 26.3 Å². The first-order chi connectivity index (χ1) is 9.17. The molecule has 0 saturated heterocycles. The van der Waals surface area contributed by atoms with Crippen LogP contribution in [-0.2, 0) is 6.42 Å². The highest BCUT2D eigenvalue weighted by atomic mass is 32.2. The van der Waals surface area contributed by atoms with Crippen LogP contribution in [0.15, 0.2) is 18.2 Å². The van der Waals surface area contributed by atoms with E-state index in [1.165, 1.54) is 5.56 Å². The Bertz CT molecular complexity index is 369. The summed E-state index contributed by atoms with van der Waals surface area (Å²) >= 11 is 1.88. The van der Waals surface area contributed by atoms with Gasteiger partial charge in [-0.1, -0.05) is 13.0 Å². The highest BCUT2D eigenvalue weighted by Gasteiger charge is 2.07. The Hall–Kier alpha value is -0.870. The third-order valence-corrected chi connectivity index (χ3v) is 3.42. The molecule has 0 saturated carbocycles. The summed E-state index contributed by atoms with van der Waals surface area (Å²) in [5.41, 5.74) is 7.01. The summed E-state index contributed by atoms with van der Waals surface area (Å²) in [5.74, 6) is 3.77. The lowest BCUT2D eigenvalue weighted by atomic mass is 10.1. The predicted octanol–water partition coefficient (Wildman–Crippen LogP) is 3.11. The topological polar surface area (TPSA) is 44.5 Å². The van der Waals surface area contributed by atoms with Gasteiger partial charge in [-0.05, 0) is 43.7 Å². The largest absolute Gasteiger partial charge is 0.490 e. The number of hydrogen-bond acceptors (Lipinski definition) is 4. The number of hydrogen-bond donors (Lipinski definition) is 1. The van der Waals surface area contributed by atoms with Gasteiger partial charge in [-0.25, -0.2) is 0 Å². The zero-order valence-corrected chi connectivity index (χ0v) is 13.0. The Morgan fingerprint density at radius 1 is 1.21 bits per heavy atom. The number of ether oxygens (including phenoxy) is 2. The number of thioether (sulfide) groups is 1.